The average molecular weight is 308 g/mol. The first-order valence-corrected chi connectivity index (χ1v) is 9.43. The van der Waals surface area contributed by atoms with Crippen LogP contribution in [0.15, 0.2) is 24.3 Å². The van der Waals surface area contributed by atoms with Gasteiger partial charge in [-0.15, -0.1) is 0 Å². The second kappa shape index (κ2) is 8.21. The van der Waals surface area contributed by atoms with E-state index in [2.05, 4.69) is 49.7 Å². The van der Waals surface area contributed by atoms with Crippen molar-refractivity contribution >= 4 is 11.8 Å². The van der Waals surface area contributed by atoms with Gasteiger partial charge in [-0.2, -0.15) is 11.8 Å². The monoisotopic (exact) mass is 307 g/mol. The molecule has 1 unspecified atom stereocenters. The van der Waals surface area contributed by atoms with E-state index in [-0.39, 0.29) is 0 Å². The highest BCUT2D eigenvalue weighted by Crippen LogP contribution is 2.27. The van der Waals surface area contributed by atoms with E-state index in [4.69, 9.17) is 0 Å². The summed E-state index contributed by atoms with van der Waals surface area (Å²) in [6.07, 6.45) is 6.90. The van der Waals surface area contributed by atoms with Crippen molar-refractivity contribution in [2.45, 2.75) is 62.8 Å². The van der Waals surface area contributed by atoms with Crippen molar-refractivity contribution in [1.29, 1.82) is 0 Å². The molecule has 2 rings (SSSR count). The summed E-state index contributed by atoms with van der Waals surface area (Å²) in [6.45, 7) is 5.05. The van der Waals surface area contributed by atoms with Crippen LogP contribution in [0.5, 0.6) is 0 Å². The molecule has 0 bridgehead atoms. The summed E-state index contributed by atoms with van der Waals surface area (Å²) >= 11 is 2.00. The molecule has 1 saturated carbocycles. The Kier molecular flexibility index (Phi) is 6.59. The molecule has 2 nitrogen and oxygen atoms in total. The van der Waals surface area contributed by atoms with Crippen LogP contribution >= 0.6 is 11.8 Å². The van der Waals surface area contributed by atoms with Gasteiger partial charge in [0, 0.05) is 17.8 Å². The zero-order valence-electron chi connectivity index (χ0n) is 13.5. The van der Waals surface area contributed by atoms with Crippen molar-refractivity contribution in [3.63, 3.8) is 0 Å². The lowest BCUT2D eigenvalue weighted by Gasteiger charge is -2.29. The van der Waals surface area contributed by atoms with Crippen molar-refractivity contribution in [3.8, 4) is 0 Å². The molecule has 1 fully saturated rings. The molecule has 1 aromatic rings. The van der Waals surface area contributed by atoms with Gasteiger partial charge in [0.05, 0.1) is 6.10 Å². The molecule has 1 atom stereocenters. The van der Waals surface area contributed by atoms with Crippen LogP contribution in [0.1, 0.15) is 62.7 Å². The minimum Gasteiger partial charge on any atom is -0.387 e. The van der Waals surface area contributed by atoms with Gasteiger partial charge in [0.15, 0.2) is 0 Å². The first-order chi connectivity index (χ1) is 10.1. The highest BCUT2D eigenvalue weighted by Gasteiger charge is 2.20. The first kappa shape index (κ1) is 16.9. The number of hydrogen-bond donors (Lipinski definition) is 2. The smallest absolute Gasteiger partial charge is 0.0914 e. The number of aliphatic hydroxyl groups is 1. The van der Waals surface area contributed by atoms with E-state index in [0.29, 0.717) is 18.5 Å². The van der Waals surface area contributed by atoms with Gasteiger partial charge in [0.1, 0.15) is 0 Å². The van der Waals surface area contributed by atoms with E-state index in [1.807, 2.05) is 11.8 Å². The number of nitrogens with one attached hydrogen (secondary N) is 1. The maximum Gasteiger partial charge on any atom is 0.0914 e. The van der Waals surface area contributed by atoms with Gasteiger partial charge in [-0.1, -0.05) is 38.1 Å². The van der Waals surface area contributed by atoms with Gasteiger partial charge in [0.2, 0.25) is 0 Å². The fraction of sp³-hybridized carbons (Fsp3) is 0.667. The molecule has 0 amide bonds. The normalized spacial score (nSPS) is 24.2. The molecule has 0 aromatic heterocycles. The second-order valence-corrected chi connectivity index (χ2v) is 7.59. The summed E-state index contributed by atoms with van der Waals surface area (Å²) in [4.78, 5) is 0. The largest absolute Gasteiger partial charge is 0.387 e. The molecule has 0 aliphatic heterocycles. The molecule has 1 aliphatic rings. The van der Waals surface area contributed by atoms with E-state index in [9.17, 15) is 5.11 Å². The number of hydrogen-bond acceptors (Lipinski definition) is 3. The predicted molar refractivity (Wildman–Crippen MR) is 93.1 cm³/mol. The Bertz CT molecular complexity index is 410. The molecule has 0 spiro atoms. The fourth-order valence-electron chi connectivity index (χ4n) is 3.00. The molecule has 3 heteroatoms. The third-order valence-electron chi connectivity index (χ3n) is 4.60. The Morgan fingerprint density at radius 2 is 1.67 bits per heavy atom. The van der Waals surface area contributed by atoms with Gasteiger partial charge < -0.3 is 10.4 Å². The zero-order chi connectivity index (χ0) is 15.2. The molecule has 0 heterocycles. The van der Waals surface area contributed by atoms with E-state index in [1.54, 1.807) is 0 Å². The molecule has 0 radical (unpaired) electrons. The molecule has 1 aliphatic carbocycles. The van der Waals surface area contributed by atoms with Crippen LogP contribution < -0.4 is 5.32 Å². The third-order valence-corrected chi connectivity index (χ3v) is 5.73. The Morgan fingerprint density at radius 1 is 1.10 bits per heavy atom. The summed E-state index contributed by atoms with van der Waals surface area (Å²) in [7, 11) is 0. The van der Waals surface area contributed by atoms with Crippen LogP contribution in [0.3, 0.4) is 0 Å². The second-order valence-electron chi connectivity index (χ2n) is 6.45. The van der Waals surface area contributed by atoms with Crippen molar-refractivity contribution in [3.05, 3.63) is 35.4 Å². The highest BCUT2D eigenvalue weighted by atomic mass is 32.2. The zero-order valence-corrected chi connectivity index (χ0v) is 14.3. The Balaban J connectivity index is 1.78. The number of aliphatic hydroxyl groups excluding tert-OH is 1. The summed E-state index contributed by atoms with van der Waals surface area (Å²) in [5.74, 6) is 0.543. The van der Waals surface area contributed by atoms with Crippen molar-refractivity contribution in [2.75, 3.05) is 12.8 Å². The summed E-state index contributed by atoms with van der Waals surface area (Å²) in [5, 5.41) is 14.7. The minimum atomic E-state index is -0.399. The van der Waals surface area contributed by atoms with Gasteiger partial charge in [-0.05, 0) is 49.0 Å². The van der Waals surface area contributed by atoms with Crippen molar-refractivity contribution in [2.24, 2.45) is 0 Å². The van der Waals surface area contributed by atoms with Gasteiger partial charge >= 0.3 is 0 Å². The van der Waals surface area contributed by atoms with Gasteiger partial charge in [0.25, 0.3) is 0 Å². The lowest BCUT2D eigenvalue weighted by Crippen LogP contribution is -2.36. The molecular weight excluding hydrogens is 278 g/mol. The molecule has 1 aromatic carbocycles. The first-order valence-electron chi connectivity index (χ1n) is 8.14. The van der Waals surface area contributed by atoms with Crippen LogP contribution in [0, 0.1) is 0 Å². The van der Waals surface area contributed by atoms with E-state index < -0.39 is 6.10 Å². The molecule has 118 valence electrons. The topological polar surface area (TPSA) is 32.3 Å². The van der Waals surface area contributed by atoms with Gasteiger partial charge in [-0.3, -0.25) is 0 Å². The number of benzene rings is 1. The molecular formula is C18H29NOS. The molecule has 21 heavy (non-hydrogen) atoms. The SMILES string of the molecule is CSC1CCC(NCC(O)c2ccc(C(C)C)cc2)CC1. The Hall–Kier alpha value is -0.510. The van der Waals surface area contributed by atoms with Crippen LogP contribution in [-0.4, -0.2) is 29.2 Å². The van der Waals surface area contributed by atoms with Crippen LogP contribution in [-0.2, 0) is 0 Å². The van der Waals surface area contributed by atoms with E-state index in [1.165, 1.54) is 31.2 Å². The number of rotatable bonds is 6. The lowest BCUT2D eigenvalue weighted by atomic mass is 9.94. The minimum absolute atomic E-state index is 0.399. The van der Waals surface area contributed by atoms with E-state index in [0.717, 1.165) is 10.8 Å². The summed E-state index contributed by atoms with van der Waals surface area (Å²) < 4.78 is 0. The van der Waals surface area contributed by atoms with Crippen LogP contribution in [0.25, 0.3) is 0 Å². The maximum atomic E-state index is 10.3. The van der Waals surface area contributed by atoms with Crippen LogP contribution in [0.4, 0.5) is 0 Å². The predicted octanol–water partition coefficient (Wildman–Crippen LogP) is 4.11. The van der Waals surface area contributed by atoms with Crippen molar-refractivity contribution in [1.82, 2.24) is 5.32 Å². The Labute approximate surface area is 133 Å². The summed E-state index contributed by atoms with van der Waals surface area (Å²) in [5.41, 5.74) is 2.35. The Morgan fingerprint density at radius 3 is 2.19 bits per heavy atom. The summed E-state index contributed by atoms with van der Waals surface area (Å²) in [6, 6.07) is 8.97. The average Bonchev–Trinajstić information content (AvgIpc) is 2.53. The van der Waals surface area contributed by atoms with E-state index >= 15 is 0 Å². The fourth-order valence-corrected chi connectivity index (χ4v) is 3.75. The van der Waals surface area contributed by atoms with Crippen molar-refractivity contribution < 1.29 is 5.11 Å². The lowest BCUT2D eigenvalue weighted by molar-refractivity contribution is 0.166. The molecule has 2 N–H and O–H groups in total. The number of thioether (sulfide) groups is 1. The standard InChI is InChI=1S/C18H29NOS/c1-13(2)14-4-6-15(7-5-14)18(20)12-19-16-8-10-17(21-3)11-9-16/h4-7,13,16-20H,8-12H2,1-3H3. The third kappa shape index (κ3) is 5.01. The van der Waals surface area contributed by atoms with Gasteiger partial charge in [-0.25, -0.2) is 0 Å². The quantitative estimate of drug-likeness (QED) is 0.829. The van der Waals surface area contributed by atoms with Crippen LogP contribution in [0.2, 0.25) is 0 Å². The maximum absolute atomic E-state index is 10.3. The molecule has 0 saturated heterocycles. The highest BCUT2D eigenvalue weighted by molar-refractivity contribution is 7.99.